The Morgan fingerprint density at radius 3 is 2.83 bits per heavy atom. The van der Waals surface area contributed by atoms with E-state index in [1.54, 1.807) is 23.0 Å². The van der Waals surface area contributed by atoms with E-state index >= 15 is 0 Å². The number of piperidine rings is 1. The Hall–Kier alpha value is -2.41. The zero-order valence-electron chi connectivity index (χ0n) is 13.3. The van der Waals surface area contributed by atoms with Gasteiger partial charge >= 0.3 is 5.69 Å². The number of rotatable bonds is 4. The van der Waals surface area contributed by atoms with Crippen molar-refractivity contribution in [3.63, 3.8) is 0 Å². The number of fused-ring (bicyclic) bond motifs is 1. The van der Waals surface area contributed by atoms with E-state index in [-0.39, 0.29) is 11.5 Å². The van der Waals surface area contributed by atoms with Gasteiger partial charge in [-0.3, -0.25) is 4.57 Å². The smallest absolute Gasteiger partial charge is 0.325 e. The van der Waals surface area contributed by atoms with Gasteiger partial charge in [-0.1, -0.05) is 0 Å². The van der Waals surface area contributed by atoms with Crippen molar-refractivity contribution < 1.29 is 4.39 Å². The van der Waals surface area contributed by atoms with Gasteiger partial charge in [0, 0.05) is 31.4 Å². The predicted octanol–water partition coefficient (Wildman–Crippen LogP) is 2.07. The van der Waals surface area contributed by atoms with Gasteiger partial charge in [-0.25, -0.2) is 14.2 Å². The molecule has 126 valence electrons. The van der Waals surface area contributed by atoms with Gasteiger partial charge in [-0.15, -0.1) is 0 Å². The van der Waals surface area contributed by atoms with E-state index in [0.29, 0.717) is 12.5 Å². The van der Waals surface area contributed by atoms with E-state index in [9.17, 15) is 9.18 Å². The van der Waals surface area contributed by atoms with Crippen LogP contribution in [-0.4, -0.2) is 44.1 Å². The fourth-order valence-electron chi connectivity index (χ4n) is 3.40. The van der Waals surface area contributed by atoms with Gasteiger partial charge in [0.15, 0.2) is 0 Å². The summed E-state index contributed by atoms with van der Waals surface area (Å²) in [6.45, 7) is 3.54. The van der Waals surface area contributed by atoms with Gasteiger partial charge < -0.3 is 14.9 Å². The third-order valence-electron chi connectivity index (χ3n) is 4.82. The van der Waals surface area contributed by atoms with Gasteiger partial charge in [0.1, 0.15) is 11.6 Å². The van der Waals surface area contributed by atoms with Crippen LogP contribution in [0.3, 0.4) is 0 Å². The quantitative estimate of drug-likeness (QED) is 0.770. The molecule has 1 aromatic carbocycles. The summed E-state index contributed by atoms with van der Waals surface area (Å²) in [7, 11) is 0. The number of aromatic nitrogens is 4. The largest absolute Gasteiger partial charge is 0.342 e. The fourth-order valence-corrected chi connectivity index (χ4v) is 3.40. The van der Waals surface area contributed by atoms with Gasteiger partial charge in [-0.2, -0.15) is 0 Å². The Labute approximate surface area is 138 Å². The lowest BCUT2D eigenvalue weighted by molar-refractivity contribution is 0.202. The van der Waals surface area contributed by atoms with Crippen LogP contribution in [0.2, 0.25) is 0 Å². The summed E-state index contributed by atoms with van der Waals surface area (Å²) in [5.41, 5.74) is 1.53. The van der Waals surface area contributed by atoms with Crippen LogP contribution in [0.15, 0.2) is 35.4 Å². The molecule has 2 N–H and O–H groups in total. The van der Waals surface area contributed by atoms with Crippen LogP contribution in [-0.2, 0) is 6.54 Å². The highest BCUT2D eigenvalue weighted by atomic mass is 19.1. The minimum absolute atomic E-state index is 0.0561. The molecule has 0 saturated carbocycles. The third-order valence-corrected chi connectivity index (χ3v) is 4.82. The van der Waals surface area contributed by atoms with Gasteiger partial charge in [-0.05, 0) is 44.1 Å². The SMILES string of the molecule is O=c1[nH]ccn1CCN1CCC(c2nc3ccc(F)cc3[nH]2)CC1. The van der Waals surface area contributed by atoms with Crippen molar-refractivity contribution in [2.45, 2.75) is 25.3 Å². The maximum Gasteiger partial charge on any atom is 0.325 e. The molecule has 0 amide bonds. The monoisotopic (exact) mass is 329 g/mol. The molecular formula is C17H20FN5O. The Bertz CT molecular complexity index is 888. The zero-order valence-corrected chi connectivity index (χ0v) is 13.3. The van der Waals surface area contributed by atoms with E-state index in [4.69, 9.17) is 0 Å². The number of H-pyrrole nitrogens is 2. The molecule has 1 fully saturated rings. The number of likely N-dealkylation sites (tertiary alicyclic amines) is 1. The molecule has 2 aromatic heterocycles. The normalized spacial score (nSPS) is 16.9. The number of aromatic amines is 2. The lowest BCUT2D eigenvalue weighted by atomic mass is 9.96. The molecule has 0 bridgehead atoms. The van der Waals surface area contributed by atoms with Crippen LogP contribution < -0.4 is 5.69 Å². The minimum atomic E-state index is -0.243. The molecule has 24 heavy (non-hydrogen) atoms. The van der Waals surface area contributed by atoms with E-state index < -0.39 is 0 Å². The van der Waals surface area contributed by atoms with Crippen LogP contribution in [0.5, 0.6) is 0 Å². The summed E-state index contributed by atoms with van der Waals surface area (Å²) in [6, 6.07) is 4.66. The number of benzene rings is 1. The molecule has 7 heteroatoms. The number of halogens is 1. The molecule has 0 aliphatic carbocycles. The van der Waals surface area contributed by atoms with E-state index in [1.165, 1.54) is 12.1 Å². The molecule has 3 heterocycles. The standard InChI is InChI=1S/C17H20FN5O/c18-13-1-2-14-15(11-13)21-16(20-14)12-3-6-22(7-4-12)9-10-23-8-5-19-17(23)24/h1-2,5,8,11-12H,3-4,6-7,9-10H2,(H,19,24)(H,20,21). The first-order chi connectivity index (χ1) is 11.7. The van der Waals surface area contributed by atoms with Crippen molar-refractivity contribution in [1.82, 2.24) is 24.4 Å². The second-order valence-corrected chi connectivity index (χ2v) is 6.36. The van der Waals surface area contributed by atoms with E-state index in [1.807, 2.05) is 0 Å². The van der Waals surface area contributed by atoms with Crippen LogP contribution in [0.4, 0.5) is 4.39 Å². The third kappa shape index (κ3) is 2.99. The number of imidazole rings is 2. The number of hydrogen-bond acceptors (Lipinski definition) is 3. The summed E-state index contributed by atoms with van der Waals surface area (Å²) in [5, 5.41) is 0. The van der Waals surface area contributed by atoms with Crippen molar-refractivity contribution in [2.75, 3.05) is 19.6 Å². The molecule has 3 aromatic rings. The topological polar surface area (TPSA) is 69.7 Å². The number of nitrogens with zero attached hydrogens (tertiary/aromatic N) is 3. The van der Waals surface area contributed by atoms with Crippen molar-refractivity contribution in [3.8, 4) is 0 Å². The lowest BCUT2D eigenvalue weighted by Crippen LogP contribution is -2.36. The van der Waals surface area contributed by atoms with Gasteiger partial charge in [0.2, 0.25) is 0 Å². The van der Waals surface area contributed by atoms with Crippen molar-refractivity contribution >= 4 is 11.0 Å². The molecule has 0 unspecified atom stereocenters. The number of hydrogen-bond donors (Lipinski definition) is 2. The Morgan fingerprint density at radius 2 is 2.08 bits per heavy atom. The highest BCUT2D eigenvalue weighted by Crippen LogP contribution is 2.27. The average molecular weight is 329 g/mol. The molecule has 4 rings (SSSR count). The first kappa shape index (κ1) is 15.1. The van der Waals surface area contributed by atoms with Crippen LogP contribution in [0, 0.1) is 5.82 Å². The zero-order chi connectivity index (χ0) is 16.5. The van der Waals surface area contributed by atoms with Crippen molar-refractivity contribution in [3.05, 3.63) is 52.7 Å². The van der Waals surface area contributed by atoms with Crippen LogP contribution in [0.1, 0.15) is 24.6 Å². The van der Waals surface area contributed by atoms with E-state index in [0.717, 1.165) is 49.3 Å². The molecule has 0 spiro atoms. The molecule has 1 aliphatic heterocycles. The second-order valence-electron chi connectivity index (χ2n) is 6.36. The first-order valence-corrected chi connectivity index (χ1v) is 8.30. The summed E-state index contributed by atoms with van der Waals surface area (Å²) in [6.07, 6.45) is 5.48. The summed E-state index contributed by atoms with van der Waals surface area (Å²) in [4.78, 5) is 24.4. The summed E-state index contributed by atoms with van der Waals surface area (Å²) >= 11 is 0. The molecule has 0 atom stereocenters. The van der Waals surface area contributed by atoms with Crippen molar-refractivity contribution in [1.29, 1.82) is 0 Å². The summed E-state index contributed by atoms with van der Waals surface area (Å²) < 4.78 is 15.0. The lowest BCUT2D eigenvalue weighted by Gasteiger charge is -2.30. The molecule has 1 aliphatic rings. The summed E-state index contributed by atoms with van der Waals surface area (Å²) in [5.74, 6) is 1.09. The molecule has 0 radical (unpaired) electrons. The van der Waals surface area contributed by atoms with Crippen LogP contribution in [0.25, 0.3) is 11.0 Å². The van der Waals surface area contributed by atoms with Crippen molar-refractivity contribution in [2.24, 2.45) is 0 Å². The van der Waals surface area contributed by atoms with E-state index in [2.05, 4.69) is 19.9 Å². The maximum absolute atomic E-state index is 13.3. The minimum Gasteiger partial charge on any atom is -0.342 e. The molecular weight excluding hydrogens is 309 g/mol. The number of nitrogens with one attached hydrogen (secondary N) is 2. The second kappa shape index (κ2) is 6.24. The fraction of sp³-hybridized carbons (Fsp3) is 0.412. The molecule has 6 nitrogen and oxygen atoms in total. The Morgan fingerprint density at radius 1 is 1.25 bits per heavy atom. The highest BCUT2D eigenvalue weighted by Gasteiger charge is 2.23. The average Bonchev–Trinajstić information content (AvgIpc) is 3.19. The highest BCUT2D eigenvalue weighted by molar-refractivity contribution is 5.75. The van der Waals surface area contributed by atoms with Crippen LogP contribution >= 0.6 is 0 Å². The Balaban J connectivity index is 1.36. The van der Waals surface area contributed by atoms with Gasteiger partial charge in [0.25, 0.3) is 0 Å². The Kier molecular flexibility index (Phi) is 3.93. The first-order valence-electron chi connectivity index (χ1n) is 8.30. The molecule has 1 saturated heterocycles. The maximum atomic E-state index is 13.3. The predicted molar refractivity (Wildman–Crippen MR) is 89.5 cm³/mol. The van der Waals surface area contributed by atoms with Gasteiger partial charge in [0.05, 0.1) is 11.0 Å².